The quantitative estimate of drug-likeness (QED) is 0.418. The van der Waals surface area contributed by atoms with Crippen LogP contribution in [0.3, 0.4) is 0 Å². The van der Waals surface area contributed by atoms with Crippen LogP contribution < -0.4 is 10.2 Å². The lowest BCUT2D eigenvalue weighted by Crippen LogP contribution is -2.55. The molecule has 1 amide bonds. The van der Waals surface area contributed by atoms with E-state index >= 15 is 0 Å². The summed E-state index contributed by atoms with van der Waals surface area (Å²) in [6, 6.07) is 2.01. The molecule has 0 saturated carbocycles. The van der Waals surface area contributed by atoms with E-state index in [0.717, 1.165) is 28.7 Å². The molecule has 26 heavy (non-hydrogen) atoms. The summed E-state index contributed by atoms with van der Waals surface area (Å²) in [7, 11) is 3.57. The van der Waals surface area contributed by atoms with E-state index in [9.17, 15) is 4.79 Å². The average Bonchev–Trinajstić information content (AvgIpc) is 3.13. The summed E-state index contributed by atoms with van der Waals surface area (Å²) in [6.07, 6.45) is 3.56. The Kier molecular flexibility index (Phi) is 6.68. The number of furan rings is 1. The molecule has 8 nitrogen and oxygen atoms in total. The summed E-state index contributed by atoms with van der Waals surface area (Å²) in [5.74, 6) is 2.55. The fourth-order valence-electron chi connectivity index (χ4n) is 3.04. The van der Waals surface area contributed by atoms with Gasteiger partial charge in [-0.25, -0.2) is 0 Å². The Labute approximate surface area is 170 Å². The van der Waals surface area contributed by atoms with Crippen molar-refractivity contribution < 1.29 is 9.21 Å². The molecular formula is C17H25IN6O2. The van der Waals surface area contributed by atoms with Gasteiger partial charge < -0.3 is 19.5 Å². The molecule has 0 spiro atoms. The third-order valence-electron chi connectivity index (χ3n) is 4.32. The van der Waals surface area contributed by atoms with Crippen molar-refractivity contribution in [2.24, 2.45) is 12.0 Å². The van der Waals surface area contributed by atoms with Crippen LogP contribution in [0.15, 0.2) is 27.9 Å². The smallest absolute Gasteiger partial charge is 0.246 e. The monoisotopic (exact) mass is 472 g/mol. The van der Waals surface area contributed by atoms with Gasteiger partial charge in [-0.15, -0.1) is 24.0 Å². The van der Waals surface area contributed by atoms with E-state index < -0.39 is 0 Å². The number of piperazine rings is 1. The lowest BCUT2D eigenvalue weighted by atomic mass is 10.2. The number of carbonyl (C=O) groups is 1. The van der Waals surface area contributed by atoms with Crippen molar-refractivity contribution in [2.45, 2.75) is 20.4 Å². The minimum atomic E-state index is 0. The summed E-state index contributed by atoms with van der Waals surface area (Å²) >= 11 is 0. The van der Waals surface area contributed by atoms with E-state index in [-0.39, 0.29) is 36.4 Å². The van der Waals surface area contributed by atoms with Crippen molar-refractivity contribution in [3.63, 3.8) is 0 Å². The fraction of sp³-hybridized carbons (Fsp3) is 0.471. The summed E-state index contributed by atoms with van der Waals surface area (Å²) < 4.78 is 7.24. The van der Waals surface area contributed by atoms with Crippen molar-refractivity contribution in [3.05, 3.63) is 35.5 Å². The molecule has 1 N–H and O–H groups in total. The van der Waals surface area contributed by atoms with Gasteiger partial charge in [0.05, 0.1) is 11.9 Å². The maximum Gasteiger partial charge on any atom is 0.246 e. The lowest BCUT2D eigenvalue weighted by Gasteiger charge is -2.35. The summed E-state index contributed by atoms with van der Waals surface area (Å²) in [5.41, 5.74) is 1.93. The van der Waals surface area contributed by atoms with E-state index in [1.807, 2.05) is 38.1 Å². The van der Waals surface area contributed by atoms with Gasteiger partial charge in [0.1, 0.15) is 18.1 Å². The van der Waals surface area contributed by atoms with Gasteiger partial charge in [0.2, 0.25) is 5.91 Å². The second-order valence-corrected chi connectivity index (χ2v) is 6.18. The second kappa shape index (κ2) is 8.56. The number of nitrogens with zero attached hydrogens (tertiary/aromatic N) is 5. The van der Waals surface area contributed by atoms with Crippen LogP contribution >= 0.6 is 24.0 Å². The Morgan fingerprint density at radius 2 is 2.15 bits per heavy atom. The van der Waals surface area contributed by atoms with Crippen LogP contribution in [0.2, 0.25) is 0 Å². The zero-order valence-corrected chi connectivity index (χ0v) is 17.9. The first-order valence-electron chi connectivity index (χ1n) is 8.28. The van der Waals surface area contributed by atoms with Gasteiger partial charge in [0, 0.05) is 45.5 Å². The lowest BCUT2D eigenvalue weighted by molar-refractivity contribution is -0.120. The van der Waals surface area contributed by atoms with E-state index in [0.29, 0.717) is 19.6 Å². The molecular weight excluding hydrogens is 447 g/mol. The number of aromatic nitrogens is 2. The molecule has 0 unspecified atom stereocenters. The Morgan fingerprint density at radius 1 is 1.38 bits per heavy atom. The molecule has 2 aromatic rings. The standard InChI is InChI=1S/C17H24N6O2.HI/c1-12-7-14(13(2)25-12)8-19-17(18-3)22-5-6-23(16(24)11-22)15-9-20-21(4)10-15;/h7,9-10H,5-6,8,11H2,1-4H3,(H,18,19);1H. The van der Waals surface area contributed by atoms with Gasteiger partial charge in [-0.2, -0.15) is 5.10 Å². The van der Waals surface area contributed by atoms with E-state index in [4.69, 9.17) is 4.42 Å². The van der Waals surface area contributed by atoms with Crippen LogP contribution in [0.5, 0.6) is 0 Å². The van der Waals surface area contributed by atoms with Gasteiger partial charge in [-0.3, -0.25) is 14.5 Å². The number of guanidine groups is 1. The molecule has 0 atom stereocenters. The van der Waals surface area contributed by atoms with Gasteiger partial charge >= 0.3 is 0 Å². The van der Waals surface area contributed by atoms with Crippen molar-refractivity contribution in [1.29, 1.82) is 0 Å². The SMILES string of the molecule is CN=C(NCc1cc(C)oc1C)N1CCN(c2cnn(C)c2)C(=O)C1.I. The zero-order valence-electron chi connectivity index (χ0n) is 15.5. The first-order chi connectivity index (χ1) is 12.0. The number of amides is 1. The predicted molar refractivity (Wildman–Crippen MR) is 111 cm³/mol. The summed E-state index contributed by atoms with van der Waals surface area (Å²) in [6.45, 7) is 6.11. The van der Waals surface area contributed by atoms with Crippen LogP contribution in [0, 0.1) is 13.8 Å². The molecule has 2 aromatic heterocycles. The first-order valence-corrected chi connectivity index (χ1v) is 8.28. The molecule has 1 fully saturated rings. The molecule has 0 aromatic carbocycles. The van der Waals surface area contributed by atoms with Gasteiger partial charge in [0.15, 0.2) is 5.96 Å². The number of aliphatic imine (C=N–C) groups is 1. The normalized spacial score (nSPS) is 15.2. The number of hydrogen-bond acceptors (Lipinski definition) is 4. The third-order valence-corrected chi connectivity index (χ3v) is 4.32. The fourth-order valence-corrected chi connectivity index (χ4v) is 3.04. The maximum atomic E-state index is 12.5. The molecule has 142 valence electrons. The van der Waals surface area contributed by atoms with Gasteiger partial charge in [-0.05, 0) is 19.9 Å². The first kappa shape index (κ1) is 20.3. The van der Waals surface area contributed by atoms with Gasteiger partial charge in [-0.1, -0.05) is 0 Å². The largest absolute Gasteiger partial charge is 0.466 e. The number of rotatable bonds is 3. The van der Waals surface area contributed by atoms with Crippen molar-refractivity contribution in [3.8, 4) is 0 Å². The minimum Gasteiger partial charge on any atom is -0.466 e. The van der Waals surface area contributed by atoms with Crippen LogP contribution in [0.4, 0.5) is 5.69 Å². The Morgan fingerprint density at radius 3 is 2.69 bits per heavy atom. The van der Waals surface area contributed by atoms with E-state index in [2.05, 4.69) is 15.4 Å². The molecule has 3 rings (SSSR count). The number of hydrogen-bond donors (Lipinski definition) is 1. The average molecular weight is 472 g/mol. The highest BCUT2D eigenvalue weighted by Gasteiger charge is 2.27. The Balaban J connectivity index is 0.00000243. The number of aryl methyl sites for hydroxylation is 3. The Hall–Kier alpha value is -2.04. The number of carbonyl (C=O) groups excluding carboxylic acids is 1. The van der Waals surface area contributed by atoms with Crippen LogP contribution in [0.25, 0.3) is 0 Å². The summed E-state index contributed by atoms with van der Waals surface area (Å²) in [4.78, 5) is 20.6. The van der Waals surface area contributed by atoms with E-state index in [1.165, 1.54) is 0 Å². The van der Waals surface area contributed by atoms with Crippen LogP contribution in [0.1, 0.15) is 17.1 Å². The van der Waals surface area contributed by atoms with Crippen LogP contribution in [-0.2, 0) is 18.4 Å². The highest BCUT2D eigenvalue weighted by atomic mass is 127. The Bertz CT molecular complexity index is 797. The second-order valence-electron chi connectivity index (χ2n) is 6.18. The number of anilines is 1. The topological polar surface area (TPSA) is 78.9 Å². The highest BCUT2D eigenvalue weighted by Crippen LogP contribution is 2.17. The predicted octanol–water partition coefficient (Wildman–Crippen LogP) is 1.67. The minimum absolute atomic E-state index is 0. The highest BCUT2D eigenvalue weighted by molar-refractivity contribution is 14.0. The van der Waals surface area contributed by atoms with Crippen LogP contribution in [-0.4, -0.2) is 53.2 Å². The van der Waals surface area contributed by atoms with Crippen molar-refractivity contribution >= 4 is 41.5 Å². The molecule has 0 aliphatic carbocycles. The number of nitrogens with one attached hydrogen (secondary N) is 1. The molecule has 3 heterocycles. The van der Waals surface area contributed by atoms with Crippen molar-refractivity contribution in [1.82, 2.24) is 20.0 Å². The summed E-state index contributed by atoms with van der Waals surface area (Å²) in [5, 5.41) is 7.45. The van der Waals surface area contributed by atoms with Gasteiger partial charge in [0.25, 0.3) is 0 Å². The third kappa shape index (κ3) is 4.37. The molecule has 1 saturated heterocycles. The molecule has 9 heteroatoms. The zero-order chi connectivity index (χ0) is 18.0. The van der Waals surface area contributed by atoms with E-state index in [1.54, 1.807) is 22.8 Å². The molecule has 1 aliphatic heterocycles. The molecule has 1 aliphatic rings. The van der Waals surface area contributed by atoms with Crippen molar-refractivity contribution in [2.75, 3.05) is 31.6 Å². The maximum absolute atomic E-state index is 12.5. The molecule has 0 bridgehead atoms. The number of halogens is 1. The molecule has 0 radical (unpaired) electrons.